The van der Waals surface area contributed by atoms with Gasteiger partial charge in [-0.1, -0.05) is 12.1 Å². The molecule has 1 amide bonds. The van der Waals surface area contributed by atoms with E-state index in [0.717, 1.165) is 29.9 Å². The Morgan fingerprint density at radius 2 is 2.08 bits per heavy atom. The van der Waals surface area contributed by atoms with Gasteiger partial charge in [0.05, 0.1) is 12.1 Å². The van der Waals surface area contributed by atoms with Crippen molar-refractivity contribution in [2.24, 2.45) is 0 Å². The Bertz CT molecular complexity index is 805. The van der Waals surface area contributed by atoms with Crippen LogP contribution in [0.15, 0.2) is 36.4 Å². The van der Waals surface area contributed by atoms with Crippen molar-refractivity contribution in [2.45, 2.75) is 25.9 Å². The maximum absolute atomic E-state index is 13.5. The molecule has 0 bridgehead atoms. The summed E-state index contributed by atoms with van der Waals surface area (Å²) in [5.74, 6) is -0.890. The van der Waals surface area contributed by atoms with Gasteiger partial charge in [-0.15, -0.1) is 0 Å². The summed E-state index contributed by atoms with van der Waals surface area (Å²) in [5, 5.41) is 2.55. The molecular weight excluding hydrogens is 328 g/mol. The number of halogens is 2. The monoisotopic (exact) mass is 347 g/mol. The van der Waals surface area contributed by atoms with Gasteiger partial charge in [0.2, 0.25) is 0 Å². The molecule has 0 aromatic heterocycles. The second-order valence-electron chi connectivity index (χ2n) is 6.51. The fourth-order valence-electron chi connectivity index (χ4n) is 2.80. The summed E-state index contributed by atoms with van der Waals surface area (Å²) in [4.78, 5) is 11.9. The van der Waals surface area contributed by atoms with Crippen LogP contribution < -0.4 is 14.8 Å². The molecule has 1 N–H and O–H groups in total. The van der Waals surface area contributed by atoms with Crippen molar-refractivity contribution in [3.8, 4) is 11.5 Å². The summed E-state index contributed by atoms with van der Waals surface area (Å²) in [6, 6.07) is 8.53. The predicted octanol–water partition coefficient (Wildman–Crippen LogP) is 3.49. The van der Waals surface area contributed by atoms with Gasteiger partial charge in [0.15, 0.2) is 11.5 Å². The molecule has 0 saturated carbocycles. The third-order valence-electron chi connectivity index (χ3n) is 3.88. The third kappa shape index (κ3) is 3.90. The first kappa shape index (κ1) is 17.2. The molecule has 0 fully saturated rings. The SMILES string of the molecule is CC1(C)Cc2cccc(OCCNC(=O)c3ccc(F)cc3F)c2O1. The van der Waals surface area contributed by atoms with E-state index in [0.29, 0.717) is 11.8 Å². The minimum atomic E-state index is -0.894. The maximum Gasteiger partial charge on any atom is 0.254 e. The molecule has 0 unspecified atom stereocenters. The van der Waals surface area contributed by atoms with Crippen LogP contribution in [0.25, 0.3) is 0 Å². The Balaban J connectivity index is 1.55. The first-order valence-corrected chi connectivity index (χ1v) is 8.03. The van der Waals surface area contributed by atoms with Gasteiger partial charge in [-0.05, 0) is 32.0 Å². The first-order chi connectivity index (χ1) is 11.9. The number of fused-ring (bicyclic) bond motifs is 1. The highest BCUT2D eigenvalue weighted by atomic mass is 19.1. The van der Waals surface area contributed by atoms with Crippen LogP contribution in [0.2, 0.25) is 0 Å². The van der Waals surface area contributed by atoms with E-state index in [1.54, 1.807) is 0 Å². The van der Waals surface area contributed by atoms with Crippen LogP contribution in [0.1, 0.15) is 29.8 Å². The van der Waals surface area contributed by atoms with Gasteiger partial charge >= 0.3 is 0 Å². The number of benzene rings is 2. The summed E-state index contributed by atoms with van der Waals surface area (Å²) in [6.07, 6.45) is 0.806. The Labute approximate surface area is 144 Å². The van der Waals surface area contributed by atoms with Crippen LogP contribution in [0, 0.1) is 11.6 Å². The average Bonchev–Trinajstić information content (AvgIpc) is 2.86. The smallest absolute Gasteiger partial charge is 0.254 e. The number of carbonyl (C=O) groups excluding carboxylic acids is 1. The summed E-state index contributed by atoms with van der Waals surface area (Å²) in [7, 11) is 0. The maximum atomic E-state index is 13.5. The number of rotatable bonds is 5. The van der Waals surface area contributed by atoms with Gasteiger partial charge in [-0.2, -0.15) is 0 Å². The van der Waals surface area contributed by atoms with Crippen LogP contribution in [0.4, 0.5) is 8.78 Å². The largest absolute Gasteiger partial charge is 0.488 e. The van der Waals surface area contributed by atoms with Crippen molar-refractivity contribution in [1.29, 1.82) is 0 Å². The molecule has 0 radical (unpaired) electrons. The van der Waals surface area contributed by atoms with E-state index in [9.17, 15) is 13.6 Å². The number of nitrogens with one attached hydrogen (secondary N) is 1. The molecule has 6 heteroatoms. The van der Waals surface area contributed by atoms with E-state index in [-0.39, 0.29) is 24.3 Å². The van der Waals surface area contributed by atoms with Gasteiger partial charge < -0.3 is 14.8 Å². The minimum absolute atomic E-state index is 0.183. The number of para-hydroxylation sites is 1. The van der Waals surface area contributed by atoms with Gasteiger partial charge in [0.25, 0.3) is 5.91 Å². The number of hydrogen-bond acceptors (Lipinski definition) is 3. The second kappa shape index (κ2) is 6.70. The van der Waals surface area contributed by atoms with Crippen molar-refractivity contribution < 1.29 is 23.0 Å². The van der Waals surface area contributed by atoms with Crippen molar-refractivity contribution >= 4 is 5.91 Å². The minimum Gasteiger partial charge on any atom is -0.488 e. The lowest BCUT2D eigenvalue weighted by Gasteiger charge is -2.18. The summed E-state index contributed by atoms with van der Waals surface area (Å²) >= 11 is 0. The van der Waals surface area contributed by atoms with E-state index in [4.69, 9.17) is 9.47 Å². The van der Waals surface area contributed by atoms with E-state index in [2.05, 4.69) is 5.32 Å². The quantitative estimate of drug-likeness (QED) is 0.843. The van der Waals surface area contributed by atoms with E-state index in [1.165, 1.54) is 0 Å². The van der Waals surface area contributed by atoms with Crippen LogP contribution in [-0.4, -0.2) is 24.7 Å². The number of hydrogen-bond donors (Lipinski definition) is 1. The standard InChI is InChI=1S/C19H19F2NO3/c1-19(2)11-12-4-3-5-16(17(12)25-19)24-9-8-22-18(23)14-7-6-13(20)10-15(14)21/h3-7,10H,8-9,11H2,1-2H3,(H,22,23). The molecule has 132 valence electrons. The molecule has 0 atom stereocenters. The van der Waals surface area contributed by atoms with E-state index in [1.807, 2.05) is 32.0 Å². The lowest BCUT2D eigenvalue weighted by Crippen LogP contribution is -2.29. The molecule has 2 aromatic rings. The number of amides is 1. The fourth-order valence-corrected chi connectivity index (χ4v) is 2.80. The lowest BCUT2D eigenvalue weighted by atomic mass is 10.0. The van der Waals surface area contributed by atoms with Crippen LogP contribution in [0.5, 0.6) is 11.5 Å². The molecule has 1 aliphatic heterocycles. The van der Waals surface area contributed by atoms with Crippen molar-refractivity contribution in [3.63, 3.8) is 0 Å². The van der Waals surface area contributed by atoms with Gasteiger partial charge in [-0.3, -0.25) is 4.79 Å². The average molecular weight is 347 g/mol. The molecule has 1 aliphatic rings. The van der Waals surface area contributed by atoms with Crippen LogP contribution >= 0.6 is 0 Å². The summed E-state index contributed by atoms with van der Waals surface area (Å²) in [5.41, 5.74) is 0.614. The fraction of sp³-hybridized carbons (Fsp3) is 0.316. The molecule has 2 aromatic carbocycles. The van der Waals surface area contributed by atoms with Gasteiger partial charge in [0, 0.05) is 18.1 Å². The molecule has 4 nitrogen and oxygen atoms in total. The summed E-state index contributed by atoms with van der Waals surface area (Å²) < 4.78 is 38.0. The Hall–Kier alpha value is -2.63. The topological polar surface area (TPSA) is 47.6 Å². The molecule has 1 heterocycles. The van der Waals surface area contributed by atoms with Gasteiger partial charge in [-0.25, -0.2) is 8.78 Å². The zero-order chi connectivity index (χ0) is 18.0. The highest BCUT2D eigenvalue weighted by molar-refractivity contribution is 5.94. The first-order valence-electron chi connectivity index (χ1n) is 8.03. The molecule has 0 saturated heterocycles. The van der Waals surface area contributed by atoms with Crippen molar-refractivity contribution in [2.75, 3.05) is 13.2 Å². The highest BCUT2D eigenvalue weighted by Gasteiger charge is 2.32. The zero-order valence-corrected chi connectivity index (χ0v) is 14.1. The number of carbonyl (C=O) groups is 1. The van der Waals surface area contributed by atoms with Gasteiger partial charge in [0.1, 0.15) is 23.8 Å². The predicted molar refractivity (Wildman–Crippen MR) is 89.0 cm³/mol. The lowest BCUT2D eigenvalue weighted by molar-refractivity contribution is 0.0942. The Morgan fingerprint density at radius 1 is 1.28 bits per heavy atom. The van der Waals surface area contributed by atoms with Crippen LogP contribution in [-0.2, 0) is 6.42 Å². The zero-order valence-electron chi connectivity index (χ0n) is 14.1. The normalized spacial score (nSPS) is 14.6. The molecule has 25 heavy (non-hydrogen) atoms. The Kier molecular flexibility index (Phi) is 4.61. The Morgan fingerprint density at radius 3 is 2.84 bits per heavy atom. The van der Waals surface area contributed by atoms with Crippen molar-refractivity contribution in [3.05, 3.63) is 59.2 Å². The second-order valence-corrected chi connectivity index (χ2v) is 6.51. The molecule has 0 aliphatic carbocycles. The molecule has 3 rings (SSSR count). The summed E-state index contributed by atoms with van der Waals surface area (Å²) in [6.45, 7) is 4.40. The van der Waals surface area contributed by atoms with E-state index < -0.39 is 17.5 Å². The van der Waals surface area contributed by atoms with Crippen molar-refractivity contribution in [1.82, 2.24) is 5.32 Å². The van der Waals surface area contributed by atoms with E-state index >= 15 is 0 Å². The highest BCUT2D eigenvalue weighted by Crippen LogP contribution is 2.41. The van der Waals surface area contributed by atoms with Crippen LogP contribution in [0.3, 0.4) is 0 Å². The molecule has 0 spiro atoms. The third-order valence-corrected chi connectivity index (χ3v) is 3.88. The number of ether oxygens (including phenoxy) is 2. The molecular formula is C19H19F2NO3.